The monoisotopic (exact) mass is 280 g/mol. The molecule has 1 aromatic rings. The highest BCUT2D eigenvalue weighted by atomic mass is 19.1. The molecule has 0 fully saturated rings. The summed E-state index contributed by atoms with van der Waals surface area (Å²) in [6.07, 6.45) is 0.218. The van der Waals surface area contributed by atoms with Crippen LogP contribution >= 0.6 is 0 Å². The van der Waals surface area contributed by atoms with Crippen LogP contribution in [0.2, 0.25) is 0 Å². The van der Waals surface area contributed by atoms with Crippen LogP contribution in [0, 0.1) is 11.7 Å². The van der Waals surface area contributed by atoms with Gasteiger partial charge in [-0.2, -0.15) is 0 Å². The summed E-state index contributed by atoms with van der Waals surface area (Å²) in [5.74, 6) is -0.566. The van der Waals surface area contributed by atoms with E-state index in [4.69, 9.17) is 0 Å². The van der Waals surface area contributed by atoms with Crippen molar-refractivity contribution in [2.24, 2.45) is 5.92 Å². The van der Waals surface area contributed by atoms with Crippen molar-refractivity contribution in [3.8, 4) is 0 Å². The third kappa shape index (κ3) is 6.31. The molecule has 2 amide bonds. The first-order chi connectivity index (χ1) is 9.49. The van der Waals surface area contributed by atoms with E-state index in [0.717, 1.165) is 0 Å². The van der Waals surface area contributed by atoms with Gasteiger partial charge >= 0.3 is 0 Å². The number of benzene rings is 1. The standard InChI is InChI=1S/C15H21FN2O2/c1-11(2)10-18-15(20)9-14(19)17-8-7-12-5-3-4-6-13(12)16/h3-6,11H,7-10H2,1-2H3,(H,17,19)(H,18,20). The molecule has 2 N–H and O–H groups in total. The zero-order chi connectivity index (χ0) is 15.0. The second-order valence-electron chi connectivity index (χ2n) is 5.07. The van der Waals surface area contributed by atoms with Gasteiger partial charge in [0.2, 0.25) is 11.8 Å². The molecule has 0 aromatic heterocycles. The molecule has 0 radical (unpaired) electrons. The van der Waals surface area contributed by atoms with Crippen molar-refractivity contribution in [3.05, 3.63) is 35.6 Å². The third-order valence-electron chi connectivity index (χ3n) is 2.70. The molecule has 5 heteroatoms. The lowest BCUT2D eigenvalue weighted by Crippen LogP contribution is -2.34. The van der Waals surface area contributed by atoms with Crippen molar-refractivity contribution in [2.45, 2.75) is 26.7 Å². The van der Waals surface area contributed by atoms with E-state index < -0.39 is 0 Å². The van der Waals surface area contributed by atoms with Gasteiger partial charge in [0, 0.05) is 13.1 Å². The molecule has 0 atom stereocenters. The predicted octanol–water partition coefficient (Wildman–Crippen LogP) is 1.65. The Morgan fingerprint density at radius 1 is 1.15 bits per heavy atom. The zero-order valence-corrected chi connectivity index (χ0v) is 11.9. The molecule has 110 valence electrons. The van der Waals surface area contributed by atoms with Crippen LogP contribution in [0.4, 0.5) is 4.39 Å². The number of amides is 2. The van der Waals surface area contributed by atoms with Gasteiger partial charge in [0.1, 0.15) is 12.2 Å². The van der Waals surface area contributed by atoms with Gasteiger partial charge in [0.15, 0.2) is 0 Å². The van der Waals surface area contributed by atoms with Crippen molar-refractivity contribution in [1.29, 1.82) is 0 Å². The average Bonchev–Trinajstić information content (AvgIpc) is 2.38. The summed E-state index contributed by atoms with van der Waals surface area (Å²) in [4.78, 5) is 22.9. The van der Waals surface area contributed by atoms with E-state index in [-0.39, 0.29) is 24.1 Å². The summed E-state index contributed by atoms with van der Waals surface area (Å²) in [5, 5.41) is 5.28. The van der Waals surface area contributed by atoms with Crippen molar-refractivity contribution in [2.75, 3.05) is 13.1 Å². The maximum atomic E-state index is 13.3. The molecule has 0 aliphatic heterocycles. The number of carbonyl (C=O) groups is 2. The number of rotatable bonds is 7. The van der Waals surface area contributed by atoms with Crippen LogP contribution in [0.1, 0.15) is 25.8 Å². The van der Waals surface area contributed by atoms with E-state index in [2.05, 4.69) is 10.6 Å². The summed E-state index contributed by atoms with van der Waals surface area (Å²) >= 11 is 0. The van der Waals surface area contributed by atoms with E-state index in [9.17, 15) is 14.0 Å². The molecule has 0 unspecified atom stereocenters. The smallest absolute Gasteiger partial charge is 0.229 e. The Labute approximate surface area is 118 Å². The number of carbonyl (C=O) groups excluding carboxylic acids is 2. The quantitative estimate of drug-likeness (QED) is 0.746. The molecule has 0 aliphatic carbocycles. The number of halogens is 1. The van der Waals surface area contributed by atoms with Gasteiger partial charge in [-0.05, 0) is 24.0 Å². The van der Waals surface area contributed by atoms with Gasteiger partial charge in [-0.1, -0.05) is 32.0 Å². The highest BCUT2D eigenvalue weighted by Crippen LogP contribution is 2.06. The van der Waals surface area contributed by atoms with Crippen LogP contribution in [0.25, 0.3) is 0 Å². The predicted molar refractivity (Wildman–Crippen MR) is 75.6 cm³/mol. The first-order valence-corrected chi connectivity index (χ1v) is 6.76. The fraction of sp³-hybridized carbons (Fsp3) is 0.467. The Bertz CT molecular complexity index is 461. The number of hydrogen-bond donors (Lipinski definition) is 2. The van der Waals surface area contributed by atoms with Gasteiger partial charge < -0.3 is 10.6 Å². The Morgan fingerprint density at radius 3 is 2.45 bits per heavy atom. The lowest BCUT2D eigenvalue weighted by Gasteiger charge is -2.08. The SMILES string of the molecule is CC(C)CNC(=O)CC(=O)NCCc1ccccc1F. The molecule has 4 nitrogen and oxygen atoms in total. The molecule has 20 heavy (non-hydrogen) atoms. The maximum absolute atomic E-state index is 13.3. The van der Waals surface area contributed by atoms with E-state index in [1.807, 2.05) is 13.8 Å². The molecular formula is C15H21FN2O2. The van der Waals surface area contributed by atoms with Crippen LogP contribution < -0.4 is 10.6 Å². The summed E-state index contributed by atoms with van der Waals surface area (Å²) in [7, 11) is 0. The molecule has 0 saturated carbocycles. The second kappa shape index (κ2) is 8.30. The lowest BCUT2D eigenvalue weighted by molar-refractivity contribution is -0.129. The fourth-order valence-corrected chi connectivity index (χ4v) is 1.63. The third-order valence-corrected chi connectivity index (χ3v) is 2.70. The lowest BCUT2D eigenvalue weighted by atomic mass is 10.1. The minimum atomic E-state index is -0.345. The molecule has 1 aromatic carbocycles. The zero-order valence-electron chi connectivity index (χ0n) is 11.9. The van der Waals surface area contributed by atoms with Crippen LogP contribution in [-0.2, 0) is 16.0 Å². The van der Waals surface area contributed by atoms with E-state index in [1.54, 1.807) is 18.2 Å². The highest BCUT2D eigenvalue weighted by Gasteiger charge is 2.09. The van der Waals surface area contributed by atoms with Gasteiger partial charge in [-0.3, -0.25) is 9.59 Å². The van der Waals surface area contributed by atoms with Gasteiger partial charge in [0.25, 0.3) is 0 Å². The molecule has 0 heterocycles. The fourth-order valence-electron chi connectivity index (χ4n) is 1.63. The first-order valence-electron chi connectivity index (χ1n) is 6.76. The minimum Gasteiger partial charge on any atom is -0.355 e. The van der Waals surface area contributed by atoms with Crippen LogP contribution in [0.5, 0.6) is 0 Å². The molecule has 0 aliphatic rings. The Hall–Kier alpha value is -1.91. The van der Waals surface area contributed by atoms with Crippen molar-refractivity contribution in [1.82, 2.24) is 10.6 Å². The first kappa shape index (κ1) is 16.1. The van der Waals surface area contributed by atoms with E-state index in [1.165, 1.54) is 6.07 Å². The largest absolute Gasteiger partial charge is 0.355 e. The Balaban J connectivity index is 2.23. The summed E-state index contributed by atoms with van der Waals surface area (Å²) in [5.41, 5.74) is 0.553. The van der Waals surface area contributed by atoms with Crippen molar-refractivity contribution in [3.63, 3.8) is 0 Å². The topological polar surface area (TPSA) is 58.2 Å². The molecular weight excluding hydrogens is 259 g/mol. The van der Waals surface area contributed by atoms with Crippen molar-refractivity contribution < 1.29 is 14.0 Å². The summed E-state index contributed by atoms with van der Waals surface area (Å²) < 4.78 is 13.3. The highest BCUT2D eigenvalue weighted by molar-refractivity contribution is 5.96. The van der Waals surface area contributed by atoms with Gasteiger partial charge in [-0.15, -0.1) is 0 Å². The van der Waals surface area contributed by atoms with E-state index >= 15 is 0 Å². The average molecular weight is 280 g/mol. The molecule has 0 bridgehead atoms. The summed E-state index contributed by atoms with van der Waals surface area (Å²) in [6, 6.07) is 6.43. The van der Waals surface area contributed by atoms with Gasteiger partial charge in [-0.25, -0.2) is 4.39 Å². The number of hydrogen-bond acceptors (Lipinski definition) is 2. The van der Waals surface area contributed by atoms with Crippen LogP contribution in [0.15, 0.2) is 24.3 Å². The Kier molecular flexibility index (Phi) is 6.70. The second-order valence-corrected chi connectivity index (χ2v) is 5.07. The molecule has 1 rings (SSSR count). The van der Waals surface area contributed by atoms with Crippen LogP contribution in [-0.4, -0.2) is 24.9 Å². The summed E-state index contributed by atoms with van der Waals surface area (Å²) in [6.45, 7) is 4.84. The maximum Gasteiger partial charge on any atom is 0.229 e. The Morgan fingerprint density at radius 2 is 1.80 bits per heavy atom. The van der Waals surface area contributed by atoms with Crippen molar-refractivity contribution >= 4 is 11.8 Å². The minimum absolute atomic E-state index is 0.190. The molecule has 0 spiro atoms. The normalized spacial score (nSPS) is 10.4. The van der Waals surface area contributed by atoms with Gasteiger partial charge in [0.05, 0.1) is 0 Å². The van der Waals surface area contributed by atoms with E-state index in [0.29, 0.717) is 31.0 Å². The van der Waals surface area contributed by atoms with Crippen LogP contribution in [0.3, 0.4) is 0 Å². The molecule has 0 saturated heterocycles. The number of nitrogens with one attached hydrogen (secondary N) is 2.